The lowest BCUT2D eigenvalue weighted by Crippen LogP contribution is -2.15. The van der Waals surface area contributed by atoms with Crippen molar-refractivity contribution >= 4 is 29.2 Å². The minimum absolute atomic E-state index is 0.0550. The quantitative estimate of drug-likeness (QED) is 0.651. The van der Waals surface area contributed by atoms with Crippen LogP contribution >= 0.6 is 11.6 Å². The van der Waals surface area contributed by atoms with E-state index in [0.717, 1.165) is 0 Å². The van der Waals surface area contributed by atoms with E-state index in [9.17, 15) is 9.59 Å². The van der Waals surface area contributed by atoms with Crippen molar-refractivity contribution in [3.05, 3.63) is 101 Å². The van der Waals surface area contributed by atoms with Gasteiger partial charge in [0.15, 0.2) is 0 Å². The fourth-order valence-corrected chi connectivity index (χ4v) is 2.58. The molecule has 0 radical (unpaired) electrons. The van der Waals surface area contributed by atoms with E-state index in [0.29, 0.717) is 21.8 Å². The van der Waals surface area contributed by atoms with Gasteiger partial charge in [-0.1, -0.05) is 60.1 Å². The molecular formula is C21H16ClNO3. The smallest absolute Gasteiger partial charge is 0.340 e. The number of carbonyl (C=O) groups is 2. The van der Waals surface area contributed by atoms with E-state index in [1.807, 2.05) is 18.2 Å². The summed E-state index contributed by atoms with van der Waals surface area (Å²) in [6.45, 7) is 0.0550. The maximum absolute atomic E-state index is 12.5. The number of nitrogens with one attached hydrogen (secondary N) is 1. The third-order valence-corrected chi connectivity index (χ3v) is 4.12. The Labute approximate surface area is 156 Å². The highest BCUT2D eigenvalue weighted by molar-refractivity contribution is 6.31. The van der Waals surface area contributed by atoms with E-state index in [1.165, 1.54) is 0 Å². The van der Waals surface area contributed by atoms with Crippen molar-refractivity contribution in [3.8, 4) is 0 Å². The van der Waals surface area contributed by atoms with Crippen molar-refractivity contribution in [2.75, 3.05) is 5.32 Å². The number of rotatable bonds is 5. The van der Waals surface area contributed by atoms with Gasteiger partial charge >= 0.3 is 5.97 Å². The zero-order valence-electron chi connectivity index (χ0n) is 13.8. The van der Waals surface area contributed by atoms with Gasteiger partial charge < -0.3 is 10.1 Å². The first-order chi connectivity index (χ1) is 12.6. The Balaban J connectivity index is 1.73. The number of anilines is 1. The van der Waals surface area contributed by atoms with Crippen LogP contribution in [0.15, 0.2) is 78.9 Å². The molecule has 0 aliphatic heterocycles. The van der Waals surface area contributed by atoms with Crippen LogP contribution in [0.5, 0.6) is 0 Å². The number of ether oxygens (including phenoxy) is 1. The number of esters is 1. The van der Waals surface area contributed by atoms with Crippen molar-refractivity contribution in [3.63, 3.8) is 0 Å². The number of hydrogen-bond acceptors (Lipinski definition) is 3. The molecule has 0 spiro atoms. The molecule has 5 heteroatoms. The molecule has 0 bridgehead atoms. The van der Waals surface area contributed by atoms with Crippen molar-refractivity contribution in [1.82, 2.24) is 0 Å². The van der Waals surface area contributed by atoms with Gasteiger partial charge in [-0.15, -0.1) is 0 Å². The molecule has 4 nitrogen and oxygen atoms in total. The Kier molecular flexibility index (Phi) is 5.66. The standard InChI is InChI=1S/C21H16ClNO3/c22-18-12-6-4-10-16(18)14-26-21(25)17-11-5-7-13-19(17)23-20(24)15-8-2-1-3-9-15/h1-13H,14H2,(H,23,24). The number of halogens is 1. The highest BCUT2D eigenvalue weighted by atomic mass is 35.5. The monoisotopic (exact) mass is 365 g/mol. The summed E-state index contributed by atoms with van der Waals surface area (Å²) in [5, 5.41) is 3.28. The summed E-state index contributed by atoms with van der Waals surface area (Å²) in [4.78, 5) is 24.8. The Morgan fingerprint density at radius 2 is 1.50 bits per heavy atom. The summed E-state index contributed by atoms with van der Waals surface area (Å²) in [7, 11) is 0. The molecule has 0 heterocycles. The fraction of sp³-hybridized carbons (Fsp3) is 0.0476. The molecule has 0 aliphatic carbocycles. The number of carbonyl (C=O) groups excluding carboxylic acids is 2. The molecule has 0 saturated carbocycles. The predicted molar refractivity (Wildman–Crippen MR) is 101 cm³/mol. The first kappa shape index (κ1) is 17.7. The van der Waals surface area contributed by atoms with Gasteiger partial charge in [-0.2, -0.15) is 0 Å². The summed E-state index contributed by atoms with van der Waals surface area (Å²) in [6.07, 6.45) is 0. The minimum atomic E-state index is -0.533. The van der Waals surface area contributed by atoms with Crippen LogP contribution in [0, 0.1) is 0 Å². The SMILES string of the molecule is O=C(Nc1ccccc1C(=O)OCc1ccccc1Cl)c1ccccc1. The Bertz CT molecular complexity index is 925. The molecule has 0 unspecified atom stereocenters. The van der Waals surface area contributed by atoms with E-state index < -0.39 is 5.97 Å². The lowest BCUT2D eigenvalue weighted by atomic mass is 10.1. The van der Waals surface area contributed by atoms with Gasteiger partial charge in [0.05, 0.1) is 11.3 Å². The lowest BCUT2D eigenvalue weighted by molar-refractivity contribution is 0.0474. The van der Waals surface area contributed by atoms with Crippen molar-refractivity contribution < 1.29 is 14.3 Å². The normalized spacial score (nSPS) is 10.2. The van der Waals surface area contributed by atoms with Crippen LogP contribution in [0.1, 0.15) is 26.3 Å². The molecule has 26 heavy (non-hydrogen) atoms. The van der Waals surface area contributed by atoms with Gasteiger partial charge in [0.2, 0.25) is 0 Å². The summed E-state index contributed by atoms with van der Waals surface area (Å²) < 4.78 is 5.35. The molecule has 1 amide bonds. The fourth-order valence-electron chi connectivity index (χ4n) is 2.39. The van der Waals surface area contributed by atoms with Crippen LogP contribution in [0.2, 0.25) is 5.02 Å². The summed E-state index contributed by atoms with van der Waals surface area (Å²) in [6, 6.07) is 22.7. The van der Waals surface area contributed by atoms with Crippen LogP contribution in [0.25, 0.3) is 0 Å². The second kappa shape index (κ2) is 8.32. The molecule has 3 aromatic rings. The maximum Gasteiger partial charge on any atom is 0.340 e. The summed E-state index contributed by atoms with van der Waals surface area (Å²) in [5.74, 6) is -0.828. The number of benzene rings is 3. The molecule has 3 rings (SSSR count). The second-order valence-corrected chi connectivity index (χ2v) is 5.94. The average Bonchev–Trinajstić information content (AvgIpc) is 2.68. The largest absolute Gasteiger partial charge is 0.457 e. The molecule has 130 valence electrons. The first-order valence-electron chi connectivity index (χ1n) is 8.01. The molecular weight excluding hydrogens is 350 g/mol. The third kappa shape index (κ3) is 4.29. The number of amides is 1. The zero-order chi connectivity index (χ0) is 18.4. The van der Waals surface area contributed by atoms with Crippen LogP contribution in [-0.2, 0) is 11.3 Å². The topological polar surface area (TPSA) is 55.4 Å². The number of hydrogen-bond donors (Lipinski definition) is 1. The maximum atomic E-state index is 12.5. The molecule has 1 N–H and O–H groups in total. The van der Waals surface area contributed by atoms with E-state index in [1.54, 1.807) is 60.7 Å². The first-order valence-corrected chi connectivity index (χ1v) is 8.39. The van der Waals surface area contributed by atoms with Gasteiger partial charge in [0.25, 0.3) is 5.91 Å². The molecule has 0 saturated heterocycles. The van der Waals surface area contributed by atoms with Crippen LogP contribution in [0.3, 0.4) is 0 Å². The average molecular weight is 366 g/mol. The van der Waals surface area contributed by atoms with Gasteiger partial charge in [-0.05, 0) is 30.3 Å². The van der Waals surface area contributed by atoms with E-state index in [-0.39, 0.29) is 18.1 Å². The molecule has 3 aromatic carbocycles. The van der Waals surface area contributed by atoms with Crippen LogP contribution in [0.4, 0.5) is 5.69 Å². The highest BCUT2D eigenvalue weighted by Gasteiger charge is 2.15. The van der Waals surface area contributed by atoms with Gasteiger partial charge in [-0.25, -0.2) is 4.79 Å². The number of para-hydroxylation sites is 1. The van der Waals surface area contributed by atoms with Crippen molar-refractivity contribution in [2.24, 2.45) is 0 Å². The molecule has 0 aromatic heterocycles. The molecule has 0 fully saturated rings. The summed E-state index contributed by atoms with van der Waals surface area (Å²) in [5.41, 5.74) is 1.90. The molecule has 0 atom stereocenters. The van der Waals surface area contributed by atoms with Gasteiger partial charge in [0.1, 0.15) is 6.61 Å². The van der Waals surface area contributed by atoms with Crippen molar-refractivity contribution in [1.29, 1.82) is 0 Å². The zero-order valence-corrected chi connectivity index (χ0v) is 14.6. The summed E-state index contributed by atoms with van der Waals surface area (Å²) >= 11 is 6.07. The minimum Gasteiger partial charge on any atom is -0.457 e. The Morgan fingerprint density at radius 3 is 2.27 bits per heavy atom. The highest BCUT2D eigenvalue weighted by Crippen LogP contribution is 2.20. The van der Waals surface area contributed by atoms with E-state index >= 15 is 0 Å². The third-order valence-electron chi connectivity index (χ3n) is 3.75. The van der Waals surface area contributed by atoms with Crippen molar-refractivity contribution in [2.45, 2.75) is 6.61 Å². The van der Waals surface area contributed by atoms with Crippen LogP contribution < -0.4 is 5.32 Å². The Hall–Kier alpha value is -3.11. The Morgan fingerprint density at radius 1 is 0.846 bits per heavy atom. The lowest BCUT2D eigenvalue weighted by Gasteiger charge is -2.11. The predicted octanol–water partition coefficient (Wildman–Crippen LogP) is 4.95. The van der Waals surface area contributed by atoms with Crippen LogP contribution in [-0.4, -0.2) is 11.9 Å². The van der Waals surface area contributed by atoms with E-state index in [4.69, 9.17) is 16.3 Å². The molecule has 0 aliphatic rings. The van der Waals surface area contributed by atoms with Gasteiger partial charge in [0, 0.05) is 16.1 Å². The van der Waals surface area contributed by atoms with Gasteiger partial charge in [-0.3, -0.25) is 4.79 Å². The second-order valence-electron chi connectivity index (χ2n) is 5.53. The van der Waals surface area contributed by atoms with E-state index in [2.05, 4.69) is 5.32 Å².